The van der Waals surface area contributed by atoms with Gasteiger partial charge in [0.05, 0.1) is 15.6 Å². The number of aromatic nitrogens is 2. The van der Waals surface area contributed by atoms with Crippen molar-refractivity contribution >= 4 is 34.9 Å². The Hall–Kier alpha value is -2.23. The average molecular weight is 474 g/mol. The van der Waals surface area contributed by atoms with E-state index in [1.807, 2.05) is 7.05 Å². The van der Waals surface area contributed by atoms with Gasteiger partial charge < -0.3 is 15.1 Å². The molecule has 2 aromatic rings. The minimum atomic E-state index is -4.62. The smallest absolute Gasteiger partial charge is 0.344 e. The number of hydrogen-bond acceptors (Lipinski definition) is 4. The van der Waals surface area contributed by atoms with Crippen LogP contribution in [0.15, 0.2) is 35.5 Å². The maximum Gasteiger partial charge on any atom is 0.435 e. The maximum absolute atomic E-state index is 13.5. The molecular formula is C20H20Cl2F3N5O. The number of rotatable bonds is 2. The molecule has 6 nitrogen and oxygen atoms in total. The van der Waals surface area contributed by atoms with Crippen molar-refractivity contribution in [1.82, 2.24) is 19.6 Å². The van der Waals surface area contributed by atoms with Crippen molar-refractivity contribution in [2.24, 2.45) is 0 Å². The Bertz CT molecular complexity index is 1060. The van der Waals surface area contributed by atoms with Gasteiger partial charge in [-0.2, -0.15) is 18.3 Å². The Morgan fingerprint density at radius 2 is 1.81 bits per heavy atom. The molecule has 1 N–H and O–H groups in total. The summed E-state index contributed by atoms with van der Waals surface area (Å²) >= 11 is 12.2. The van der Waals surface area contributed by atoms with Crippen LogP contribution >= 0.6 is 23.2 Å². The van der Waals surface area contributed by atoms with Gasteiger partial charge in [-0.25, -0.2) is 4.68 Å². The summed E-state index contributed by atoms with van der Waals surface area (Å²) in [5, 5.41) is 7.27. The van der Waals surface area contributed by atoms with Gasteiger partial charge >= 0.3 is 6.18 Å². The highest BCUT2D eigenvalue weighted by Gasteiger charge is 2.40. The standard InChI is InChI=1S/C20H20Cl2F3N5O/c1-11-17(19(31)29-7-5-28(2)6-8-29)18(12-3-4-13(21)14(22)9-12)30-16(26-11)10-15(27-30)20(23,24)25/h3-4,9-10,18,26H,5-8H2,1-2H3. The number of carbonyl (C=O) groups excluding carboxylic acids is 1. The van der Waals surface area contributed by atoms with Gasteiger partial charge in [-0.1, -0.05) is 29.3 Å². The molecule has 31 heavy (non-hydrogen) atoms. The van der Waals surface area contributed by atoms with Crippen LogP contribution in [0, 0.1) is 0 Å². The zero-order chi connectivity index (χ0) is 22.5. The molecule has 2 aliphatic rings. The van der Waals surface area contributed by atoms with Gasteiger partial charge in [0.2, 0.25) is 0 Å². The fourth-order valence-corrected chi connectivity index (χ4v) is 4.16. The molecule has 11 heteroatoms. The first-order chi connectivity index (χ1) is 14.6. The van der Waals surface area contributed by atoms with Gasteiger partial charge in [-0.15, -0.1) is 0 Å². The molecule has 3 heterocycles. The molecule has 1 aromatic heterocycles. The fourth-order valence-electron chi connectivity index (χ4n) is 3.86. The number of carbonyl (C=O) groups is 1. The molecule has 1 atom stereocenters. The van der Waals surface area contributed by atoms with Crippen LogP contribution in [0.25, 0.3) is 0 Å². The zero-order valence-corrected chi connectivity index (χ0v) is 18.3. The van der Waals surface area contributed by atoms with Crippen molar-refractivity contribution in [2.75, 3.05) is 38.5 Å². The van der Waals surface area contributed by atoms with Gasteiger partial charge in [-0.05, 0) is 31.7 Å². The first kappa shape index (κ1) is 22.0. The molecule has 1 unspecified atom stereocenters. The number of benzene rings is 1. The van der Waals surface area contributed by atoms with Crippen LogP contribution in [-0.4, -0.2) is 58.7 Å². The number of hydrogen-bond donors (Lipinski definition) is 1. The van der Waals surface area contributed by atoms with E-state index in [4.69, 9.17) is 23.2 Å². The number of halogens is 5. The van der Waals surface area contributed by atoms with Crippen molar-refractivity contribution in [3.05, 3.63) is 56.8 Å². The number of piperazine rings is 1. The largest absolute Gasteiger partial charge is 0.435 e. The SMILES string of the molecule is CC1=C(C(=O)N2CCN(C)CC2)C(c2ccc(Cl)c(Cl)c2)n2nc(C(F)(F)F)cc2N1. The lowest BCUT2D eigenvalue weighted by molar-refractivity contribution is -0.141. The van der Waals surface area contributed by atoms with Gasteiger partial charge in [0, 0.05) is 37.9 Å². The van der Waals surface area contributed by atoms with Crippen molar-refractivity contribution in [1.29, 1.82) is 0 Å². The second kappa shape index (κ2) is 8.03. The summed E-state index contributed by atoms with van der Waals surface area (Å²) in [4.78, 5) is 17.3. The summed E-state index contributed by atoms with van der Waals surface area (Å²) in [6.07, 6.45) is -4.62. The predicted octanol–water partition coefficient (Wildman–Crippen LogP) is 4.27. The van der Waals surface area contributed by atoms with Gasteiger partial charge in [-0.3, -0.25) is 4.79 Å². The van der Waals surface area contributed by atoms with Crippen LogP contribution in [0.2, 0.25) is 10.0 Å². The second-order valence-corrected chi connectivity index (χ2v) is 8.51. The number of alkyl halides is 3. The van der Waals surface area contributed by atoms with E-state index in [0.717, 1.165) is 6.07 Å². The summed E-state index contributed by atoms with van der Waals surface area (Å²) in [5.41, 5.74) is 0.278. The Morgan fingerprint density at radius 1 is 1.13 bits per heavy atom. The Morgan fingerprint density at radius 3 is 2.42 bits per heavy atom. The third-order valence-electron chi connectivity index (χ3n) is 5.54. The van der Waals surface area contributed by atoms with Crippen LogP contribution in [0.5, 0.6) is 0 Å². The minimum absolute atomic E-state index is 0.149. The zero-order valence-electron chi connectivity index (χ0n) is 16.8. The monoisotopic (exact) mass is 473 g/mol. The molecule has 0 spiro atoms. The highest BCUT2D eigenvalue weighted by atomic mass is 35.5. The van der Waals surface area contributed by atoms with E-state index in [9.17, 15) is 18.0 Å². The molecule has 2 aliphatic heterocycles. The van der Waals surface area contributed by atoms with E-state index >= 15 is 0 Å². The van der Waals surface area contributed by atoms with E-state index in [1.165, 1.54) is 4.68 Å². The lowest BCUT2D eigenvalue weighted by Gasteiger charge is -2.36. The maximum atomic E-state index is 13.5. The van der Waals surface area contributed by atoms with Crippen LogP contribution in [0.4, 0.5) is 19.0 Å². The molecule has 0 aliphatic carbocycles. The molecule has 166 valence electrons. The minimum Gasteiger partial charge on any atom is -0.344 e. The predicted molar refractivity (Wildman–Crippen MR) is 112 cm³/mol. The number of fused-ring (bicyclic) bond motifs is 1. The topological polar surface area (TPSA) is 53.4 Å². The van der Waals surface area contributed by atoms with E-state index in [0.29, 0.717) is 48.0 Å². The molecule has 0 radical (unpaired) electrons. The molecule has 4 rings (SSSR count). The molecular weight excluding hydrogens is 454 g/mol. The lowest BCUT2D eigenvalue weighted by atomic mass is 9.94. The second-order valence-electron chi connectivity index (χ2n) is 7.69. The fraction of sp³-hybridized carbons (Fsp3) is 0.400. The molecule has 1 aromatic carbocycles. The first-order valence-electron chi connectivity index (χ1n) is 9.63. The Kier molecular flexibility index (Phi) is 5.70. The third kappa shape index (κ3) is 4.14. The van der Waals surface area contributed by atoms with Gasteiger partial charge in [0.1, 0.15) is 11.9 Å². The summed E-state index contributed by atoms with van der Waals surface area (Å²) in [5.74, 6) is -0.0975. The van der Waals surface area contributed by atoms with Gasteiger partial charge in [0.25, 0.3) is 5.91 Å². The van der Waals surface area contributed by atoms with Crippen molar-refractivity contribution in [2.45, 2.75) is 19.1 Å². The van der Waals surface area contributed by atoms with Crippen molar-refractivity contribution in [3.8, 4) is 0 Å². The number of likely N-dealkylation sites (N-methyl/N-ethyl adjacent to an activating group) is 1. The summed E-state index contributed by atoms with van der Waals surface area (Å²) in [6, 6.07) is 4.82. The van der Waals surface area contributed by atoms with Crippen LogP contribution in [0.3, 0.4) is 0 Å². The van der Waals surface area contributed by atoms with E-state index in [1.54, 1.807) is 30.0 Å². The quantitative estimate of drug-likeness (QED) is 0.707. The molecule has 1 amide bonds. The number of nitrogens with one attached hydrogen (secondary N) is 1. The summed E-state index contributed by atoms with van der Waals surface area (Å²) in [7, 11) is 1.97. The van der Waals surface area contributed by atoms with E-state index in [-0.39, 0.29) is 16.7 Å². The normalized spacial score (nSPS) is 20.0. The van der Waals surface area contributed by atoms with Crippen molar-refractivity contribution in [3.63, 3.8) is 0 Å². The van der Waals surface area contributed by atoms with Crippen LogP contribution in [-0.2, 0) is 11.0 Å². The van der Waals surface area contributed by atoms with Crippen LogP contribution < -0.4 is 5.32 Å². The highest BCUT2D eigenvalue weighted by Crippen LogP contribution is 2.41. The van der Waals surface area contributed by atoms with E-state index < -0.39 is 17.9 Å². The molecule has 0 bridgehead atoms. The highest BCUT2D eigenvalue weighted by molar-refractivity contribution is 6.42. The number of nitrogens with zero attached hydrogens (tertiary/aromatic N) is 4. The lowest BCUT2D eigenvalue weighted by Crippen LogP contribution is -2.49. The average Bonchev–Trinajstić information content (AvgIpc) is 3.13. The van der Waals surface area contributed by atoms with Gasteiger partial charge in [0.15, 0.2) is 5.69 Å². The van der Waals surface area contributed by atoms with E-state index in [2.05, 4.69) is 15.3 Å². The molecule has 1 saturated heterocycles. The summed E-state index contributed by atoms with van der Waals surface area (Å²) < 4.78 is 41.3. The number of anilines is 1. The van der Waals surface area contributed by atoms with Crippen LogP contribution in [0.1, 0.15) is 24.2 Å². The number of allylic oxidation sites excluding steroid dienone is 1. The molecule has 0 saturated carbocycles. The summed E-state index contributed by atoms with van der Waals surface area (Å²) in [6.45, 7) is 4.17. The Labute approximate surface area is 187 Å². The Balaban J connectivity index is 1.83. The first-order valence-corrected chi connectivity index (χ1v) is 10.4. The number of amides is 1. The van der Waals surface area contributed by atoms with Crippen molar-refractivity contribution < 1.29 is 18.0 Å². The third-order valence-corrected chi connectivity index (χ3v) is 6.28. The molecule has 1 fully saturated rings.